The molecule has 1 amide bonds. The number of rotatable bonds is 7. The summed E-state index contributed by atoms with van der Waals surface area (Å²) in [6.45, 7) is 6.36. The Kier molecular flexibility index (Phi) is 6.95. The van der Waals surface area contributed by atoms with E-state index >= 15 is 0 Å². The molecular weight excluding hydrogens is 318 g/mol. The highest BCUT2D eigenvalue weighted by Gasteiger charge is 2.15. The minimum Gasteiger partial charge on any atom is -0.495 e. The van der Waals surface area contributed by atoms with Crippen molar-refractivity contribution in [1.82, 2.24) is 10.2 Å². The van der Waals surface area contributed by atoms with E-state index in [0.29, 0.717) is 16.5 Å². The van der Waals surface area contributed by atoms with Crippen LogP contribution in [-0.4, -0.2) is 63.4 Å². The lowest BCUT2D eigenvalue weighted by molar-refractivity contribution is -0.120. The van der Waals surface area contributed by atoms with Gasteiger partial charge in [0.15, 0.2) is 0 Å². The fourth-order valence-electron chi connectivity index (χ4n) is 2.54. The Morgan fingerprint density at radius 1 is 1.43 bits per heavy atom. The molecule has 0 aromatic heterocycles. The van der Waals surface area contributed by atoms with Crippen LogP contribution in [0.5, 0.6) is 5.75 Å². The molecule has 1 atom stereocenters. The number of ether oxygens (including phenoxy) is 2. The van der Waals surface area contributed by atoms with E-state index in [1.807, 2.05) is 6.92 Å². The summed E-state index contributed by atoms with van der Waals surface area (Å²) in [4.78, 5) is 14.4. The first-order chi connectivity index (χ1) is 11.1. The fourth-order valence-corrected chi connectivity index (χ4v) is 2.71. The average Bonchev–Trinajstić information content (AvgIpc) is 2.54. The molecule has 0 bridgehead atoms. The van der Waals surface area contributed by atoms with E-state index in [2.05, 4.69) is 15.5 Å². The van der Waals surface area contributed by atoms with Gasteiger partial charge in [-0.15, -0.1) is 0 Å². The molecule has 1 aromatic rings. The molecule has 1 saturated heterocycles. The van der Waals surface area contributed by atoms with E-state index in [0.717, 1.165) is 32.8 Å². The number of carbonyl (C=O) groups is 1. The first-order valence-corrected chi connectivity index (χ1v) is 8.13. The molecular formula is C16H24ClN3O3. The Labute approximate surface area is 142 Å². The van der Waals surface area contributed by atoms with Gasteiger partial charge in [-0.2, -0.15) is 0 Å². The predicted molar refractivity (Wildman–Crippen MR) is 91.4 cm³/mol. The maximum Gasteiger partial charge on any atom is 0.239 e. The van der Waals surface area contributed by atoms with Gasteiger partial charge in [-0.1, -0.05) is 11.6 Å². The standard InChI is InChI=1S/C16H24ClN3O3/c1-12(11-20-5-7-23-8-6-20)19-16(21)10-18-14-9-13(17)3-4-15(14)22-2/h3-4,9,12,18H,5-8,10-11H2,1-2H3,(H,19,21)/t12-/m0/s1. The van der Waals surface area contributed by atoms with Crippen molar-refractivity contribution in [2.75, 3.05) is 51.8 Å². The molecule has 1 fully saturated rings. The van der Waals surface area contributed by atoms with Crippen molar-refractivity contribution in [1.29, 1.82) is 0 Å². The lowest BCUT2D eigenvalue weighted by Gasteiger charge is -2.29. The lowest BCUT2D eigenvalue weighted by atomic mass is 10.2. The van der Waals surface area contributed by atoms with Crippen LogP contribution in [0, 0.1) is 0 Å². The van der Waals surface area contributed by atoms with Crippen molar-refractivity contribution in [3.05, 3.63) is 23.2 Å². The molecule has 0 radical (unpaired) electrons. The van der Waals surface area contributed by atoms with Crippen LogP contribution in [0.3, 0.4) is 0 Å². The Balaban J connectivity index is 1.77. The van der Waals surface area contributed by atoms with Crippen LogP contribution in [0.4, 0.5) is 5.69 Å². The number of hydrogen-bond acceptors (Lipinski definition) is 5. The smallest absolute Gasteiger partial charge is 0.239 e. The van der Waals surface area contributed by atoms with Crippen LogP contribution < -0.4 is 15.4 Å². The van der Waals surface area contributed by atoms with Gasteiger partial charge in [0.1, 0.15) is 5.75 Å². The monoisotopic (exact) mass is 341 g/mol. The third kappa shape index (κ3) is 5.89. The molecule has 0 unspecified atom stereocenters. The first kappa shape index (κ1) is 17.8. The van der Waals surface area contributed by atoms with E-state index in [-0.39, 0.29) is 18.5 Å². The summed E-state index contributed by atoms with van der Waals surface area (Å²) in [5.74, 6) is 0.594. The highest BCUT2D eigenvalue weighted by atomic mass is 35.5. The van der Waals surface area contributed by atoms with E-state index in [9.17, 15) is 4.79 Å². The summed E-state index contributed by atoms with van der Waals surface area (Å²) in [7, 11) is 1.58. The number of benzene rings is 1. The van der Waals surface area contributed by atoms with Gasteiger partial charge in [-0.3, -0.25) is 9.69 Å². The zero-order valence-electron chi connectivity index (χ0n) is 13.6. The summed E-state index contributed by atoms with van der Waals surface area (Å²) in [6, 6.07) is 5.34. The van der Waals surface area contributed by atoms with Crippen LogP contribution in [0.1, 0.15) is 6.92 Å². The number of anilines is 1. The maximum absolute atomic E-state index is 12.1. The Morgan fingerprint density at radius 2 is 2.17 bits per heavy atom. The molecule has 23 heavy (non-hydrogen) atoms. The predicted octanol–water partition coefficient (Wildman–Crippen LogP) is 1.60. The third-order valence-corrected chi connectivity index (χ3v) is 3.88. The largest absolute Gasteiger partial charge is 0.495 e. The van der Waals surface area contributed by atoms with Gasteiger partial charge in [-0.25, -0.2) is 0 Å². The molecule has 1 heterocycles. The number of methoxy groups -OCH3 is 1. The summed E-state index contributed by atoms with van der Waals surface area (Å²) in [6.07, 6.45) is 0. The summed E-state index contributed by atoms with van der Waals surface area (Å²) in [5, 5.41) is 6.64. The number of morpholine rings is 1. The number of halogens is 1. The third-order valence-electron chi connectivity index (χ3n) is 3.64. The average molecular weight is 342 g/mol. The van der Waals surface area contributed by atoms with E-state index in [4.69, 9.17) is 21.1 Å². The van der Waals surface area contributed by atoms with Crippen molar-refractivity contribution >= 4 is 23.2 Å². The topological polar surface area (TPSA) is 62.8 Å². The quantitative estimate of drug-likeness (QED) is 0.788. The molecule has 0 saturated carbocycles. The van der Waals surface area contributed by atoms with Gasteiger partial charge >= 0.3 is 0 Å². The molecule has 0 aliphatic carbocycles. The van der Waals surface area contributed by atoms with Gasteiger partial charge in [0.05, 0.1) is 32.6 Å². The van der Waals surface area contributed by atoms with Gasteiger partial charge in [-0.05, 0) is 25.1 Å². The molecule has 2 N–H and O–H groups in total. The number of amides is 1. The van der Waals surface area contributed by atoms with Gasteiger partial charge in [0.2, 0.25) is 5.91 Å². The van der Waals surface area contributed by atoms with Crippen LogP contribution in [-0.2, 0) is 9.53 Å². The summed E-state index contributed by atoms with van der Waals surface area (Å²) < 4.78 is 10.6. The minimum atomic E-state index is -0.0622. The van der Waals surface area contributed by atoms with Gasteiger partial charge in [0, 0.05) is 30.7 Å². The van der Waals surface area contributed by atoms with E-state index in [1.165, 1.54) is 0 Å². The molecule has 0 spiro atoms. The zero-order valence-corrected chi connectivity index (χ0v) is 14.4. The number of nitrogens with zero attached hydrogens (tertiary/aromatic N) is 1. The molecule has 6 nitrogen and oxygen atoms in total. The highest BCUT2D eigenvalue weighted by molar-refractivity contribution is 6.30. The Hall–Kier alpha value is -1.50. The molecule has 1 aliphatic heterocycles. The molecule has 1 aromatic carbocycles. The molecule has 2 rings (SSSR count). The van der Waals surface area contributed by atoms with Crippen molar-refractivity contribution in [2.45, 2.75) is 13.0 Å². The molecule has 128 valence electrons. The minimum absolute atomic E-state index is 0.0622. The first-order valence-electron chi connectivity index (χ1n) is 7.75. The number of nitrogens with one attached hydrogen (secondary N) is 2. The van der Waals surface area contributed by atoms with Crippen molar-refractivity contribution < 1.29 is 14.3 Å². The van der Waals surface area contributed by atoms with Crippen LogP contribution in [0.15, 0.2) is 18.2 Å². The fraction of sp³-hybridized carbons (Fsp3) is 0.562. The van der Waals surface area contributed by atoms with Crippen LogP contribution >= 0.6 is 11.6 Å². The normalized spacial score (nSPS) is 16.7. The lowest BCUT2D eigenvalue weighted by Crippen LogP contribution is -2.47. The molecule has 1 aliphatic rings. The summed E-state index contributed by atoms with van der Waals surface area (Å²) in [5.41, 5.74) is 0.705. The van der Waals surface area contributed by atoms with E-state index < -0.39 is 0 Å². The second kappa shape index (κ2) is 8.96. The summed E-state index contributed by atoms with van der Waals surface area (Å²) >= 11 is 5.97. The second-order valence-electron chi connectivity index (χ2n) is 5.58. The zero-order chi connectivity index (χ0) is 16.7. The number of hydrogen-bond donors (Lipinski definition) is 2. The van der Waals surface area contributed by atoms with Crippen molar-refractivity contribution in [3.8, 4) is 5.75 Å². The van der Waals surface area contributed by atoms with Gasteiger partial charge < -0.3 is 20.1 Å². The van der Waals surface area contributed by atoms with Crippen LogP contribution in [0.2, 0.25) is 5.02 Å². The van der Waals surface area contributed by atoms with Crippen molar-refractivity contribution in [2.24, 2.45) is 0 Å². The van der Waals surface area contributed by atoms with E-state index in [1.54, 1.807) is 25.3 Å². The number of carbonyl (C=O) groups excluding carboxylic acids is 1. The van der Waals surface area contributed by atoms with Crippen molar-refractivity contribution in [3.63, 3.8) is 0 Å². The molecule has 7 heteroatoms. The SMILES string of the molecule is COc1ccc(Cl)cc1NCC(=O)N[C@@H](C)CN1CCOCC1. The van der Waals surface area contributed by atoms with Crippen LogP contribution in [0.25, 0.3) is 0 Å². The Morgan fingerprint density at radius 3 is 2.87 bits per heavy atom. The highest BCUT2D eigenvalue weighted by Crippen LogP contribution is 2.27. The van der Waals surface area contributed by atoms with Gasteiger partial charge in [0.25, 0.3) is 0 Å². The second-order valence-corrected chi connectivity index (χ2v) is 6.02. The Bertz CT molecular complexity index is 521. The maximum atomic E-state index is 12.1.